The molecule has 2 aromatic rings. The molecule has 0 radical (unpaired) electrons. The van der Waals surface area contributed by atoms with Crippen LogP contribution in [0.25, 0.3) is 16.5 Å². The Labute approximate surface area is 226 Å². The monoisotopic (exact) mass is 534 g/mol. The van der Waals surface area contributed by atoms with Crippen LogP contribution in [0.5, 0.6) is 5.75 Å². The fourth-order valence-corrected chi connectivity index (χ4v) is 6.67. The van der Waals surface area contributed by atoms with Crippen LogP contribution in [0, 0.1) is 17.8 Å². The Morgan fingerprint density at radius 2 is 1.85 bits per heavy atom. The molecule has 9 heteroatoms. The molecular formula is C30H34N2O7. The third-order valence-electron chi connectivity index (χ3n) is 8.60. The zero-order chi connectivity index (χ0) is 28.5. The lowest BCUT2D eigenvalue weighted by atomic mass is 9.57. The highest BCUT2D eigenvalue weighted by atomic mass is 16.3. The van der Waals surface area contributed by atoms with Crippen molar-refractivity contribution in [1.82, 2.24) is 4.90 Å². The molecule has 0 saturated heterocycles. The Hall–Kier alpha value is -3.69. The van der Waals surface area contributed by atoms with Crippen LogP contribution >= 0.6 is 0 Å². The molecule has 0 aromatic heterocycles. The first-order chi connectivity index (χ1) is 18.3. The average molecular weight is 535 g/mol. The number of hydrogen-bond donors (Lipinski definition) is 5. The number of phenols is 1. The van der Waals surface area contributed by atoms with Gasteiger partial charge in [0.25, 0.3) is 5.91 Å². The van der Waals surface area contributed by atoms with E-state index >= 15 is 0 Å². The summed E-state index contributed by atoms with van der Waals surface area (Å²) in [7, 11) is 3.15. The van der Waals surface area contributed by atoms with Crippen LogP contribution in [-0.4, -0.2) is 68.5 Å². The molecule has 9 nitrogen and oxygen atoms in total. The number of primary amides is 1. The number of amides is 1. The number of aliphatic hydroxyl groups excluding tert-OH is 2. The number of Topliss-reactive ketones (excluding diaryl/α,β-unsaturated/α-hetero) is 2. The SMILES string of the molecule is CC(C)CCc1ccc2cc3c(c(O)c2c1)C(O)=C1C(=O)[C@]2(O)C(O)=C(C(N)=O)C(=O)[C@@H](N(C)C)[C@@H]2C[C@@H]1C3. The van der Waals surface area contributed by atoms with E-state index < -0.39 is 58.0 Å². The quantitative estimate of drug-likeness (QED) is 0.366. The van der Waals surface area contributed by atoms with Gasteiger partial charge in [0.05, 0.1) is 11.6 Å². The van der Waals surface area contributed by atoms with E-state index in [1.807, 2.05) is 24.3 Å². The number of hydrogen-bond acceptors (Lipinski definition) is 8. The van der Waals surface area contributed by atoms with Crippen molar-refractivity contribution in [3.05, 3.63) is 57.9 Å². The van der Waals surface area contributed by atoms with Gasteiger partial charge in [-0.25, -0.2) is 0 Å². The van der Waals surface area contributed by atoms with Gasteiger partial charge < -0.3 is 26.2 Å². The minimum Gasteiger partial charge on any atom is -0.508 e. The molecule has 1 saturated carbocycles. The molecule has 4 atom stereocenters. The molecule has 0 spiro atoms. The Balaban J connectivity index is 1.68. The summed E-state index contributed by atoms with van der Waals surface area (Å²) in [6, 6.07) is 6.61. The van der Waals surface area contributed by atoms with Crippen molar-refractivity contribution in [2.45, 2.75) is 51.2 Å². The third kappa shape index (κ3) is 3.86. The molecule has 1 amide bonds. The van der Waals surface area contributed by atoms with Crippen molar-refractivity contribution in [3.63, 3.8) is 0 Å². The van der Waals surface area contributed by atoms with Crippen LogP contribution in [0.2, 0.25) is 0 Å². The van der Waals surface area contributed by atoms with E-state index in [0.717, 1.165) is 23.8 Å². The highest BCUT2D eigenvalue weighted by Gasteiger charge is 2.64. The van der Waals surface area contributed by atoms with Crippen molar-refractivity contribution in [2.75, 3.05) is 14.1 Å². The Kier molecular flexibility index (Phi) is 6.35. The Morgan fingerprint density at radius 3 is 2.46 bits per heavy atom. The lowest BCUT2D eigenvalue weighted by molar-refractivity contribution is -0.153. The van der Waals surface area contributed by atoms with Crippen molar-refractivity contribution >= 4 is 34.0 Å². The van der Waals surface area contributed by atoms with Gasteiger partial charge in [-0.2, -0.15) is 0 Å². The summed E-state index contributed by atoms with van der Waals surface area (Å²) in [6.07, 6.45) is 2.14. The smallest absolute Gasteiger partial charge is 0.255 e. The second kappa shape index (κ2) is 9.20. The highest BCUT2D eigenvalue weighted by molar-refractivity contribution is 6.24. The number of aromatic hydroxyl groups is 1. The second-order valence-corrected chi connectivity index (χ2v) is 11.7. The van der Waals surface area contributed by atoms with Gasteiger partial charge in [0, 0.05) is 16.9 Å². The molecular weight excluding hydrogens is 500 g/mol. The van der Waals surface area contributed by atoms with Gasteiger partial charge >= 0.3 is 0 Å². The predicted molar refractivity (Wildman–Crippen MR) is 145 cm³/mol. The van der Waals surface area contributed by atoms with Gasteiger partial charge in [0.1, 0.15) is 22.8 Å². The molecule has 2 aromatic carbocycles. The van der Waals surface area contributed by atoms with Gasteiger partial charge in [-0.1, -0.05) is 32.0 Å². The van der Waals surface area contributed by atoms with Crippen molar-refractivity contribution in [3.8, 4) is 5.75 Å². The maximum absolute atomic E-state index is 13.9. The predicted octanol–water partition coefficient (Wildman–Crippen LogP) is 2.71. The molecule has 1 fully saturated rings. The van der Waals surface area contributed by atoms with E-state index in [4.69, 9.17) is 5.73 Å². The summed E-state index contributed by atoms with van der Waals surface area (Å²) in [5.74, 6) is -5.92. The number of rotatable bonds is 5. The van der Waals surface area contributed by atoms with E-state index in [0.29, 0.717) is 16.9 Å². The van der Waals surface area contributed by atoms with E-state index in [9.17, 15) is 34.8 Å². The number of carbonyl (C=O) groups is 3. The molecule has 39 heavy (non-hydrogen) atoms. The van der Waals surface area contributed by atoms with Crippen molar-refractivity contribution in [2.24, 2.45) is 23.5 Å². The number of likely N-dealkylation sites (N-methyl/N-ethyl adjacent to an activating group) is 1. The average Bonchev–Trinajstić information content (AvgIpc) is 2.84. The maximum Gasteiger partial charge on any atom is 0.255 e. The van der Waals surface area contributed by atoms with Crippen LogP contribution in [0.4, 0.5) is 0 Å². The summed E-state index contributed by atoms with van der Waals surface area (Å²) in [4.78, 5) is 40.7. The molecule has 3 aliphatic carbocycles. The lowest BCUT2D eigenvalue weighted by Gasteiger charge is -2.50. The van der Waals surface area contributed by atoms with Crippen LogP contribution in [0.15, 0.2) is 41.2 Å². The maximum atomic E-state index is 13.9. The number of benzene rings is 2. The summed E-state index contributed by atoms with van der Waals surface area (Å²) in [5, 5.41) is 46.7. The zero-order valence-electron chi connectivity index (χ0n) is 22.5. The Morgan fingerprint density at radius 1 is 1.15 bits per heavy atom. The van der Waals surface area contributed by atoms with E-state index in [1.54, 1.807) is 14.1 Å². The second-order valence-electron chi connectivity index (χ2n) is 11.7. The minimum atomic E-state index is -2.64. The van der Waals surface area contributed by atoms with Crippen molar-refractivity contribution in [1.29, 1.82) is 0 Å². The van der Waals surface area contributed by atoms with Gasteiger partial charge in [0.2, 0.25) is 5.78 Å². The highest BCUT2D eigenvalue weighted by Crippen LogP contribution is 2.53. The molecule has 5 rings (SSSR count). The minimum absolute atomic E-state index is 0.0682. The standard InChI is InChI=1S/C30H34N2O7/c1-13(2)5-6-14-7-8-15-10-16-11-17-12-19-23(32(3)4)26(35)22(29(31)38)28(37)30(19,39)27(36)21(17)25(34)20(16)24(33)18(15)9-14/h7-10,13,17,19,23,33-34,37,39H,5-6,11-12H2,1-4H3,(H2,31,38)/t17-,19-,23-,30-/m0/s1. The largest absolute Gasteiger partial charge is 0.508 e. The fourth-order valence-electron chi connectivity index (χ4n) is 6.67. The summed E-state index contributed by atoms with van der Waals surface area (Å²) in [6.45, 7) is 4.27. The number of aryl methyl sites for hydroxylation is 1. The molecule has 0 bridgehead atoms. The van der Waals surface area contributed by atoms with E-state index in [-0.39, 0.29) is 29.7 Å². The number of nitrogens with zero attached hydrogens (tertiary/aromatic N) is 1. The number of nitrogens with two attached hydrogens (primary N) is 1. The normalized spacial score (nSPS) is 26.8. The van der Waals surface area contributed by atoms with Crippen molar-refractivity contribution < 1.29 is 34.8 Å². The topological polar surface area (TPSA) is 161 Å². The summed E-state index contributed by atoms with van der Waals surface area (Å²) >= 11 is 0. The summed E-state index contributed by atoms with van der Waals surface area (Å²) < 4.78 is 0. The molecule has 0 unspecified atom stereocenters. The number of carbonyl (C=O) groups excluding carboxylic acids is 3. The van der Waals surface area contributed by atoms with Crippen LogP contribution in [-0.2, 0) is 27.2 Å². The molecule has 206 valence electrons. The number of ketones is 2. The molecule has 0 aliphatic heterocycles. The number of fused-ring (bicyclic) bond motifs is 4. The van der Waals surface area contributed by atoms with Gasteiger partial charge in [0.15, 0.2) is 11.4 Å². The van der Waals surface area contributed by atoms with Crippen LogP contribution in [0.1, 0.15) is 43.4 Å². The molecule has 6 N–H and O–H groups in total. The first-order valence-corrected chi connectivity index (χ1v) is 13.2. The Bertz CT molecular complexity index is 1500. The van der Waals surface area contributed by atoms with E-state index in [1.165, 1.54) is 4.90 Å². The third-order valence-corrected chi connectivity index (χ3v) is 8.60. The first-order valence-electron chi connectivity index (χ1n) is 13.2. The van der Waals surface area contributed by atoms with Gasteiger partial charge in [-0.05, 0) is 74.2 Å². The van der Waals surface area contributed by atoms with Crippen LogP contribution < -0.4 is 5.73 Å². The van der Waals surface area contributed by atoms with Gasteiger partial charge in [-0.15, -0.1) is 0 Å². The molecule has 3 aliphatic rings. The summed E-state index contributed by atoms with van der Waals surface area (Å²) in [5.41, 5.74) is 3.55. The van der Waals surface area contributed by atoms with Gasteiger partial charge in [-0.3, -0.25) is 19.3 Å². The van der Waals surface area contributed by atoms with E-state index in [2.05, 4.69) is 13.8 Å². The van der Waals surface area contributed by atoms with Crippen LogP contribution in [0.3, 0.4) is 0 Å². The fraction of sp³-hybridized carbons (Fsp3) is 0.433. The zero-order valence-corrected chi connectivity index (χ0v) is 22.5. The lowest BCUT2D eigenvalue weighted by Crippen LogP contribution is -2.65. The number of aliphatic hydroxyl groups is 3. The number of phenolic OH excluding ortho intramolecular Hbond substituents is 1. The first kappa shape index (κ1) is 26.9. The molecule has 0 heterocycles.